The van der Waals surface area contributed by atoms with Crippen LogP contribution < -0.4 is 0 Å². The molecule has 2 bridgehead atoms. The number of hydrogen-bond acceptors (Lipinski definition) is 7. The first-order valence-corrected chi connectivity index (χ1v) is 12.2. The highest BCUT2D eigenvalue weighted by molar-refractivity contribution is 7.85. The Hall–Kier alpha value is -0.250. The lowest BCUT2D eigenvalue weighted by Gasteiger charge is -2.44. The van der Waals surface area contributed by atoms with E-state index < -0.39 is 15.9 Å². The lowest BCUT2D eigenvalue weighted by molar-refractivity contribution is -0.215. The quantitative estimate of drug-likeness (QED) is 0.667. The average Bonchev–Trinajstić information content (AvgIpc) is 3.10. The highest BCUT2D eigenvalue weighted by Gasteiger charge is 2.65. The standard InChI is InChI=1S/C19H30O7S/c1-27(20,21)22-10-7-13-5-6-16-18(24-13)11-14(23-16)17-15(12-18)25-19(26-17)8-3-2-4-9-19/h13-17H,2-12H2,1H3/t13-,14-,15-,16+,17+,18-/m1/s1. The van der Waals surface area contributed by atoms with Crippen LogP contribution in [0.4, 0.5) is 0 Å². The van der Waals surface area contributed by atoms with Gasteiger partial charge in [-0.25, -0.2) is 0 Å². The van der Waals surface area contributed by atoms with Gasteiger partial charge in [0.2, 0.25) is 0 Å². The largest absolute Gasteiger partial charge is 0.369 e. The lowest BCUT2D eigenvalue weighted by atomic mass is 9.76. The smallest absolute Gasteiger partial charge is 0.264 e. The van der Waals surface area contributed by atoms with E-state index in [1.165, 1.54) is 6.42 Å². The molecule has 0 radical (unpaired) electrons. The number of rotatable bonds is 4. The third-order valence-electron chi connectivity index (χ3n) is 6.97. The highest BCUT2D eigenvalue weighted by Crippen LogP contribution is 2.55. The molecule has 5 aliphatic rings. The van der Waals surface area contributed by atoms with Crippen molar-refractivity contribution in [1.82, 2.24) is 0 Å². The zero-order valence-electron chi connectivity index (χ0n) is 15.9. The van der Waals surface area contributed by atoms with E-state index in [2.05, 4.69) is 0 Å². The molecule has 154 valence electrons. The topological polar surface area (TPSA) is 80.3 Å². The Labute approximate surface area is 161 Å². The van der Waals surface area contributed by atoms with Crippen LogP contribution in [0.5, 0.6) is 0 Å². The summed E-state index contributed by atoms with van der Waals surface area (Å²) in [5, 5.41) is 0. The van der Waals surface area contributed by atoms with E-state index in [0.29, 0.717) is 6.42 Å². The molecule has 2 saturated carbocycles. The Bertz CT molecular complexity index is 674. The third-order valence-corrected chi connectivity index (χ3v) is 7.57. The first-order valence-electron chi connectivity index (χ1n) is 10.4. The molecule has 0 aromatic rings. The Morgan fingerprint density at radius 2 is 1.78 bits per heavy atom. The predicted molar refractivity (Wildman–Crippen MR) is 95.7 cm³/mol. The van der Waals surface area contributed by atoms with Gasteiger partial charge in [0.15, 0.2) is 5.79 Å². The minimum absolute atomic E-state index is 0.00728. The number of hydrogen-bond donors (Lipinski definition) is 0. The van der Waals surface area contributed by atoms with Crippen molar-refractivity contribution in [1.29, 1.82) is 0 Å². The van der Waals surface area contributed by atoms with Gasteiger partial charge in [-0.05, 0) is 32.1 Å². The molecule has 0 aromatic heterocycles. The number of fused-ring (bicyclic) bond motifs is 3. The van der Waals surface area contributed by atoms with Gasteiger partial charge in [-0.1, -0.05) is 6.42 Å². The molecule has 0 unspecified atom stereocenters. The van der Waals surface area contributed by atoms with Crippen molar-refractivity contribution in [3.63, 3.8) is 0 Å². The molecule has 2 spiro atoms. The van der Waals surface area contributed by atoms with Gasteiger partial charge in [0.1, 0.15) is 6.10 Å². The van der Waals surface area contributed by atoms with E-state index in [-0.39, 0.29) is 42.7 Å². The van der Waals surface area contributed by atoms with Gasteiger partial charge in [-0.15, -0.1) is 0 Å². The van der Waals surface area contributed by atoms with Gasteiger partial charge in [-0.3, -0.25) is 4.18 Å². The summed E-state index contributed by atoms with van der Waals surface area (Å²) in [5.74, 6) is -0.398. The molecule has 0 aromatic carbocycles. The van der Waals surface area contributed by atoms with Gasteiger partial charge in [0.05, 0.1) is 42.9 Å². The van der Waals surface area contributed by atoms with Crippen molar-refractivity contribution >= 4 is 10.1 Å². The summed E-state index contributed by atoms with van der Waals surface area (Å²) >= 11 is 0. The van der Waals surface area contributed by atoms with E-state index in [1.54, 1.807) is 0 Å². The minimum Gasteiger partial charge on any atom is -0.369 e. The van der Waals surface area contributed by atoms with E-state index in [9.17, 15) is 8.42 Å². The highest BCUT2D eigenvalue weighted by atomic mass is 32.2. The Kier molecular flexibility index (Phi) is 4.61. The first-order chi connectivity index (χ1) is 12.9. The fourth-order valence-corrected chi connectivity index (χ4v) is 6.26. The summed E-state index contributed by atoms with van der Waals surface area (Å²) < 4.78 is 53.1. The molecule has 5 rings (SSSR count). The van der Waals surface area contributed by atoms with Gasteiger partial charge < -0.3 is 18.9 Å². The molecule has 3 aliphatic heterocycles. The zero-order valence-corrected chi connectivity index (χ0v) is 16.7. The van der Waals surface area contributed by atoms with E-state index >= 15 is 0 Å². The average molecular weight is 403 g/mol. The van der Waals surface area contributed by atoms with E-state index in [0.717, 1.165) is 57.6 Å². The maximum absolute atomic E-state index is 11.2. The summed E-state index contributed by atoms with van der Waals surface area (Å²) in [6, 6.07) is 0. The zero-order chi connectivity index (χ0) is 18.7. The second kappa shape index (κ2) is 6.64. The Morgan fingerprint density at radius 1 is 1.00 bits per heavy atom. The van der Waals surface area contributed by atoms with Gasteiger partial charge >= 0.3 is 0 Å². The molecule has 8 heteroatoms. The summed E-state index contributed by atoms with van der Waals surface area (Å²) in [4.78, 5) is 0. The number of ether oxygens (including phenoxy) is 4. The van der Waals surface area contributed by atoms with E-state index in [1.807, 2.05) is 0 Å². The van der Waals surface area contributed by atoms with E-state index in [4.69, 9.17) is 23.1 Å². The SMILES string of the molecule is CS(=O)(=O)OCC[C@H]1CC[C@@H]2O[C@@H]3C[C@]2(C[C@H]2OC4(CCCCC4)O[C@@H]32)O1. The van der Waals surface area contributed by atoms with Crippen LogP contribution in [-0.2, 0) is 33.2 Å². The van der Waals surface area contributed by atoms with Gasteiger partial charge in [-0.2, -0.15) is 8.42 Å². The summed E-state index contributed by atoms with van der Waals surface area (Å²) in [6.45, 7) is 0.170. The van der Waals surface area contributed by atoms with Gasteiger partial charge in [0, 0.05) is 25.7 Å². The maximum atomic E-state index is 11.2. The molecule has 0 N–H and O–H groups in total. The summed E-state index contributed by atoms with van der Waals surface area (Å²) in [7, 11) is -3.41. The van der Waals surface area contributed by atoms with Crippen LogP contribution >= 0.6 is 0 Å². The molecule has 6 atom stereocenters. The third kappa shape index (κ3) is 3.46. The van der Waals surface area contributed by atoms with Crippen LogP contribution in [0.1, 0.15) is 64.2 Å². The maximum Gasteiger partial charge on any atom is 0.264 e. The molecule has 0 amide bonds. The molecule has 7 nitrogen and oxygen atoms in total. The minimum atomic E-state index is -3.41. The molecule has 27 heavy (non-hydrogen) atoms. The van der Waals surface area contributed by atoms with Crippen molar-refractivity contribution in [2.75, 3.05) is 12.9 Å². The second-order valence-corrected chi connectivity index (χ2v) is 10.6. The second-order valence-electron chi connectivity index (χ2n) is 8.98. The fourth-order valence-electron chi connectivity index (χ4n) is 5.86. The normalized spacial score (nSPS) is 45.6. The first kappa shape index (κ1) is 18.8. The molecule has 3 saturated heterocycles. The molecule has 2 aliphatic carbocycles. The fraction of sp³-hybridized carbons (Fsp3) is 1.00. The van der Waals surface area contributed by atoms with Crippen LogP contribution in [0, 0.1) is 0 Å². The summed E-state index contributed by atoms with van der Waals surface area (Å²) in [5.41, 5.74) is -0.316. The van der Waals surface area contributed by atoms with Gasteiger partial charge in [0.25, 0.3) is 10.1 Å². The lowest BCUT2D eigenvalue weighted by Crippen LogP contribution is -2.53. The van der Waals surface area contributed by atoms with Crippen LogP contribution in [0.15, 0.2) is 0 Å². The van der Waals surface area contributed by atoms with Crippen LogP contribution in [0.2, 0.25) is 0 Å². The van der Waals surface area contributed by atoms with Crippen LogP contribution in [0.3, 0.4) is 0 Å². The van der Waals surface area contributed by atoms with Crippen LogP contribution in [0.25, 0.3) is 0 Å². The predicted octanol–water partition coefficient (Wildman–Crippen LogP) is 2.28. The van der Waals surface area contributed by atoms with Crippen molar-refractivity contribution in [2.45, 2.75) is 106 Å². The van der Waals surface area contributed by atoms with Crippen molar-refractivity contribution in [3.05, 3.63) is 0 Å². The van der Waals surface area contributed by atoms with Crippen molar-refractivity contribution in [3.8, 4) is 0 Å². The van der Waals surface area contributed by atoms with Crippen molar-refractivity contribution in [2.24, 2.45) is 0 Å². The monoisotopic (exact) mass is 402 g/mol. The molecule has 5 fully saturated rings. The molecular formula is C19H30O7S. The molecular weight excluding hydrogens is 372 g/mol. The Morgan fingerprint density at radius 3 is 2.56 bits per heavy atom. The summed E-state index contributed by atoms with van der Waals surface area (Å²) in [6.07, 6.45) is 10.9. The molecule has 3 heterocycles. The van der Waals surface area contributed by atoms with Crippen LogP contribution in [-0.4, -0.2) is 63.2 Å². The van der Waals surface area contributed by atoms with Crippen molar-refractivity contribution < 1.29 is 31.5 Å². The Balaban J connectivity index is 1.26.